The van der Waals surface area contributed by atoms with Gasteiger partial charge in [-0.15, -0.1) is 0 Å². The van der Waals surface area contributed by atoms with Crippen LogP contribution in [-0.4, -0.2) is 19.2 Å². The third kappa shape index (κ3) is 4.30. The Hall–Kier alpha value is 0.0400. The molecular formula is C13H16BrCl2NO. The van der Waals surface area contributed by atoms with Gasteiger partial charge in [-0.2, -0.15) is 0 Å². The summed E-state index contributed by atoms with van der Waals surface area (Å²) in [6, 6.07) is 4.24. The van der Waals surface area contributed by atoms with E-state index >= 15 is 0 Å². The molecule has 2 nitrogen and oxygen atoms in total. The Labute approximate surface area is 126 Å². The Bertz CT molecular complexity index is 424. The van der Waals surface area contributed by atoms with Crippen LogP contribution in [0, 0.1) is 5.92 Å². The molecule has 5 heteroatoms. The number of hydrogen-bond acceptors (Lipinski definition) is 2. The third-order valence-corrected chi connectivity index (χ3v) is 4.32. The predicted molar refractivity (Wildman–Crippen MR) is 79.8 cm³/mol. The Kier molecular flexibility index (Phi) is 5.19. The van der Waals surface area contributed by atoms with Crippen LogP contribution in [0.4, 0.5) is 0 Å². The molecule has 0 aliphatic heterocycles. The molecule has 1 aliphatic rings. The van der Waals surface area contributed by atoms with E-state index < -0.39 is 0 Å². The predicted octanol–water partition coefficient (Wildman–Crippen LogP) is 4.52. The fraction of sp³-hybridized carbons (Fsp3) is 0.538. The van der Waals surface area contributed by atoms with Gasteiger partial charge in [-0.25, -0.2) is 0 Å². The summed E-state index contributed by atoms with van der Waals surface area (Å²) in [5.41, 5.74) is 0. The number of benzene rings is 1. The molecule has 1 aromatic rings. The van der Waals surface area contributed by atoms with Crippen LogP contribution < -0.4 is 10.1 Å². The number of nitrogens with one attached hydrogen (secondary N) is 1. The highest BCUT2D eigenvalue weighted by Crippen LogP contribution is 2.34. The van der Waals surface area contributed by atoms with Crippen LogP contribution in [0.25, 0.3) is 0 Å². The summed E-state index contributed by atoms with van der Waals surface area (Å²) in [5, 5.41) is 4.67. The van der Waals surface area contributed by atoms with Gasteiger partial charge in [0, 0.05) is 29.0 Å². The van der Waals surface area contributed by atoms with Gasteiger partial charge in [0.15, 0.2) is 0 Å². The second-order valence-corrected chi connectivity index (χ2v) is 6.46. The van der Waals surface area contributed by atoms with Gasteiger partial charge in [0.2, 0.25) is 0 Å². The monoisotopic (exact) mass is 351 g/mol. The van der Waals surface area contributed by atoms with Gasteiger partial charge < -0.3 is 10.1 Å². The smallest absolute Gasteiger partial charge is 0.139 e. The van der Waals surface area contributed by atoms with Gasteiger partial charge in [0.25, 0.3) is 0 Å². The van der Waals surface area contributed by atoms with Crippen molar-refractivity contribution in [1.82, 2.24) is 5.32 Å². The molecule has 0 amide bonds. The average Bonchev–Trinajstić information content (AvgIpc) is 3.13. The molecule has 1 aromatic carbocycles. The zero-order valence-electron chi connectivity index (χ0n) is 10.2. The molecule has 0 bridgehead atoms. The first-order valence-corrected chi connectivity index (χ1v) is 7.62. The molecule has 1 N–H and O–H groups in total. The lowest BCUT2D eigenvalue weighted by atomic mass is 10.2. The van der Waals surface area contributed by atoms with Crippen molar-refractivity contribution >= 4 is 39.1 Å². The molecule has 1 saturated carbocycles. The molecule has 0 radical (unpaired) electrons. The summed E-state index contributed by atoms with van der Waals surface area (Å²) in [5.74, 6) is 1.09. The van der Waals surface area contributed by atoms with Crippen LogP contribution in [-0.2, 0) is 0 Å². The van der Waals surface area contributed by atoms with Gasteiger partial charge >= 0.3 is 0 Å². The van der Waals surface area contributed by atoms with E-state index in [4.69, 9.17) is 27.9 Å². The largest absolute Gasteiger partial charge is 0.492 e. The average molecular weight is 353 g/mol. The third-order valence-electron chi connectivity index (χ3n) is 2.83. The van der Waals surface area contributed by atoms with Crippen LogP contribution in [0.15, 0.2) is 16.6 Å². The Morgan fingerprint density at radius 3 is 2.78 bits per heavy atom. The standard InChI is InChI=1S/C13H16BrCl2NO/c1-8(6-17-9-2-3-9)7-18-13-5-11(15)10(14)4-12(13)16/h4-5,8-9,17H,2-3,6-7H2,1H3. The van der Waals surface area contributed by atoms with Crippen LogP contribution in [0.1, 0.15) is 19.8 Å². The summed E-state index contributed by atoms with van der Waals surface area (Å²) in [6.07, 6.45) is 2.61. The number of halogens is 3. The van der Waals surface area contributed by atoms with E-state index in [1.807, 2.05) is 0 Å². The molecule has 0 spiro atoms. The lowest BCUT2D eigenvalue weighted by Gasteiger charge is -2.15. The molecule has 2 rings (SSSR count). The molecule has 0 saturated heterocycles. The van der Waals surface area contributed by atoms with E-state index in [1.165, 1.54) is 12.8 Å². The van der Waals surface area contributed by atoms with Crippen molar-refractivity contribution in [3.05, 3.63) is 26.7 Å². The molecule has 1 unspecified atom stereocenters. The van der Waals surface area contributed by atoms with E-state index in [9.17, 15) is 0 Å². The topological polar surface area (TPSA) is 21.3 Å². The SMILES string of the molecule is CC(CNC1CC1)COc1cc(Cl)c(Br)cc1Cl. The molecule has 0 aromatic heterocycles. The van der Waals surface area contributed by atoms with E-state index in [0.717, 1.165) is 17.1 Å². The molecular weight excluding hydrogens is 337 g/mol. The van der Waals surface area contributed by atoms with Gasteiger partial charge in [-0.3, -0.25) is 0 Å². The van der Waals surface area contributed by atoms with Gasteiger partial charge in [0.1, 0.15) is 5.75 Å². The van der Waals surface area contributed by atoms with E-state index in [0.29, 0.717) is 28.3 Å². The van der Waals surface area contributed by atoms with Crippen molar-refractivity contribution in [3.8, 4) is 5.75 Å². The van der Waals surface area contributed by atoms with Crippen molar-refractivity contribution in [2.24, 2.45) is 5.92 Å². The van der Waals surface area contributed by atoms with Crippen molar-refractivity contribution < 1.29 is 4.74 Å². The number of hydrogen-bond donors (Lipinski definition) is 1. The summed E-state index contributed by atoms with van der Waals surface area (Å²) in [6.45, 7) is 3.77. The van der Waals surface area contributed by atoms with Crippen LogP contribution in [0.2, 0.25) is 10.0 Å². The molecule has 1 aliphatic carbocycles. The highest BCUT2D eigenvalue weighted by Gasteiger charge is 2.21. The van der Waals surface area contributed by atoms with Crippen molar-refractivity contribution in [1.29, 1.82) is 0 Å². The molecule has 1 atom stereocenters. The van der Waals surface area contributed by atoms with Crippen molar-refractivity contribution in [2.75, 3.05) is 13.2 Å². The molecule has 1 fully saturated rings. The second-order valence-electron chi connectivity index (χ2n) is 4.80. The van der Waals surface area contributed by atoms with Crippen LogP contribution in [0.3, 0.4) is 0 Å². The van der Waals surface area contributed by atoms with E-state index in [2.05, 4.69) is 28.2 Å². The summed E-state index contributed by atoms with van der Waals surface area (Å²) in [4.78, 5) is 0. The van der Waals surface area contributed by atoms with E-state index in [-0.39, 0.29) is 0 Å². The minimum absolute atomic E-state index is 0.448. The maximum Gasteiger partial charge on any atom is 0.139 e. The molecule has 0 heterocycles. The Morgan fingerprint density at radius 1 is 1.39 bits per heavy atom. The molecule has 18 heavy (non-hydrogen) atoms. The fourth-order valence-corrected chi connectivity index (χ4v) is 2.41. The first-order valence-electron chi connectivity index (χ1n) is 6.07. The lowest BCUT2D eigenvalue weighted by molar-refractivity contribution is 0.255. The van der Waals surface area contributed by atoms with Crippen LogP contribution in [0.5, 0.6) is 5.75 Å². The summed E-state index contributed by atoms with van der Waals surface area (Å²) in [7, 11) is 0. The first-order chi connectivity index (χ1) is 8.56. The normalized spacial score (nSPS) is 16.7. The summed E-state index contributed by atoms with van der Waals surface area (Å²) >= 11 is 15.4. The summed E-state index contributed by atoms with van der Waals surface area (Å²) < 4.78 is 6.49. The zero-order chi connectivity index (χ0) is 13.1. The maximum atomic E-state index is 6.09. The fourth-order valence-electron chi connectivity index (χ4n) is 1.56. The quantitative estimate of drug-likeness (QED) is 0.760. The van der Waals surface area contributed by atoms with Gasteiger partial charge in [0.05, 0.1) is 16.7 Å². The minimum atomic E-state index is 0.448. The van der Waals surface area contributed by atoms with Gasteiger partial charge in [-0.05, 0) is 34.8 Å². The Balaban J connectivity index is 1.82. The highest BCUT2D eigenvalue weighted by atomic mass is 79.9. The highest BCUT2D eigenvalue weighted by molar-refractivity contribution is 9.10. The first kappa shape index (κ1) is 14.4. The lowest BCUT2D eigenvalue weighted by Crippen LogP contribution is -2.26. The van der Waals surface area contributed by atoms with E-state index in [1.54, 1.807) is 12.1 Å². The zero-order valence-corrected chi connectivity index (χ0v) is 13.3. The van der Waals surface area contributed by atoms with Crippen LogP contribution >= 0.6 is 39.1 Å². The maximum absolute atomic E-state index is 6.09. The van der Waals surface area contributed by atoms with Crippen molar-refractivity contribution in [2.45, 2.75) is 25.8 Å². The minimum Gasteiger partial charge on any atom is -0.492 e. The number of rotatable bonds is 6. The second kappa shape index (κ2) is 6.47. The Morgan fingerprint density at radius 2 is 2.11 bits per heavy atom. The van der Waals surface area contributed by atoms with Gasteiger partial charge in [-0.1, -0.05) is 30.1 Å². The van der Waals surface area contributed by atoms with Crippen molar-refractivity contribution in [3.63, 3.8) is 0 Å². The molecule has 100 valence electrons. The number of ether oxygens (including phenoxy) is 1.